The van der Waals surface area contributed by atoms with E-state index in [0.29, 0.717) is 12.1 Å². The van der Waals surface area contributed by atoms with Crippen LogP contribution in [0.25, 0.3) is 0 Å². The minimum Gasteiger partial charge on any atom is -0.307 e. The molecule has 2 aliphatic rings. The predicted molar refractivity (Wildman–Crippen MR) is 84.7 cm³/mol. The van der Waals surface area contributed by atoms with Crippen LogP contribution in [0.4, 0.5) is 0 Å². The van der Waals surface area contributed by atoms with Crippen molar-refractivity contribution in [2.45, 2.75) is 51.7 Å². The van der Waals surface area contributed by atoms with E-state index in [9.17, 15) is 0 Å². The molecule has 1 aliphatic carbocycles. The minimum absolute atomic E-state index is 0.493. The number of rotatable bonds is 4. The Morgan fingerprint density at radius 1 is 1.10 bits per heavy atom. The molecule has 0 aromatic heterocycles. The first kappa shape index (κ1) is 14.1. The lowest BCUT2D eigenvalue weighted by atomic mass is 9.93. The molecule has 1 aromatic rings. The number of piperazine rings is 1. The molecule has 0 bridgehead atoms. The van der Waals surface area contributed by atoms with Crippen molar-refractivity contribution in [1.29, 1.82) is 0 Å². The van der Waals surface area contributed by atoms with Gasteiger partial charge in [0, 0.05) is 31.2 Å². The molecule has 0 amide bonds. The van der Waals surface area contributed by atoms with Gasteiger partial charge in [0.1, 0.15) is 0 Å². The van der Waals surface area contributed by atoms with E-state index >= 15 is 0 Å². The van der Waals surface area contributed by atoms with Gasteiger partial charge in [-0.05, 0) is 37.2 Å². The highest BCUT2D eigenvalue weighted by molar-refractivity contribution is 5.20. The molecule has 3 atom stereocenters. The van der Waals surface area contributed by atoms with Crippen LogP contribution in [-0.4, -0.2) is 30.1 Å². The molecule has 2 fully saturated rings. The van der Waals surface area contributed by atoms with Gasteiger partial charge in [0.05, 0.1) is 0 Å². The Morgan fingerprint density at radius 3 is 2.40 bits per heavy atom. The maximum Gasteiger partial charge on any atom is 0.0450 e. The summed E-state index contributed by atoms with van der Waals surface area (Å²) < 4.78 is 0. The SMILES string of the molecule is CC(C)C1CNC(c2ccccc2)CN1C(C)C1CC1. The summed E-state index contributed by atoms with van der Waals surface area (Å²) in [7, 11) is 0. The molecule has 1 aromatic carbocycles. The largest absolute Gasteiger partial charge is 0.307 e. The standard InChI is InChI=1S/C18H28N2/c1-13(2)18-11-19-17(16-7-5-4-6-8-16)12-20(18)14(3)15-9-10-15/h4-8,13-15,17-19H,9-12H2,1-3H3. The van der Waals surface area contributed by atoms with Crippen LogP contribution >= 0.6 is 0 Å². The normalized spacial score (nSPS) is 29.6. The average molecular weight is 272 g/mol. The summed E-state index contributed by atoms with van der Waals surface area (Å²) in [6.45, 7) is 9.45. The van der Waals surface area contributed by atoms with E-state index in [2.05, 4.69) is 61.3 Å². The van der Waals surface area contributed by atoms with Crippen molar-refractivity contribution in [1.82, 2.24) is 10.2 Å². The van der Waals surface area contributed by atoms with Crippen molar-refractivity contribution < 1.29 is 0 Å². The van der Waals surface area contributed by atoms with Gasteiger partial charge in [0.15, 0.2) is 0 Å². The quantitative estimate of drug-likeness (QED) is 0.903. The van der Waals surface area contributed by atoms with Gasteiger partial charge >= 0.3 is 0 Å². The molecule has 20 heavy (non-hydrogen) atoms. The molecule has 1 saturated carbocycles. The number of nitrogens with zero attached hydrogens (tertiary/aromatic N) is 1. The Bertz CT molecular complexity index is 424. The van der Waals surface area contributed by atoms with Crippen molar-refractivity contribution in [3.05, 3.63) is 35.9 Å². The van der Waals surface area contributed by atoms with Crippen molar-refractivity contribution >= 4 is 0 Å². The van der Waals surface area contributed by atoms with Crippen molar-refractivity contribution in [2.75, 3.05) is 13.1 Å². The van der Waals surface area contributed by atoms with Crippen LogP contribution < -0.4 is 5.32 Å². The van der Waals surface area contributed by atoms with Gasteiger partial charge in [0.25, 0.3) is 0 Å². The van der Waals surface area contributed by atoms with Crippen LogP contribution in [0.15, 0.2) is 30.3 Å². The Morgan fingerprint density at radius 2 is 1.80 bits per heavy atom. The van der Waals surface area contributed by atoms with Crippen molar-refractivity contribution in [3.63, 3.8) is 0 Å². The molecule has 1 N–H and O–H groups in total. The minimum atomic E-state index is 0.493. The van der Waals surface area contributed by atoms with Crippen LogP contribution in [0.3, 0.4) is 0 Å². The van der Waals surface area contributed by atoms with Crippen LogP contribution in [0, 0.1) is 11.8 Å². The van der Waals surface area contributed by atoms with E-state index in [1.54, 1.807) is 0 Å². The summed E-state index contributed by atoms with van der Waals surface area (Å²) in [4.78, 5) is 2.79. The van der Waals surface area contributed by atoms with E-state index in [0.717, 1.165) is 31.0 Å². The van der Waals surface area contributed by atoms with E-state index in [-0.39, 0.29) is 0 Å². The molecule has 2 heteroatoms. The van der Waals surface area contributed by atoms with Crippen LogP contribution in [0.5, 0.6) is 0 Å². The summed E-state index contributed by atoms with van der Waals surface area (Å²) in [6.07, 6.45) is 2.87. The van der Waals surface area contributed by atoms with Gasteiger partial charge in [-0.1, -0.05) is 44.2 Å². The molecule has 1 saturated heterocycles. The summed E-state index contributed by atoms with van der Waals surface area (Å²) in [5.74, 6) is 1.67. The van der Waals surface area contributed by atoms with E-state index in [1.807, 2.05) is 0 Å². The van der Waals surface area contributed by atoms with Crippen LogP contribution in [0.1, 0.15) is 45.2 Å². The fourth-order valence-corrected chi connectivity index (χ4v) is 3.64. The third kappa shape index (κ3) is 2.91. The zero-order valence-corrected chi connectivity index (χ0v) is 13.0. The number of hydrogen-bond acceptors (Lipinski definition) is 2. The summed E-state index contributed by atoms with van der Waals surface area (Å²) in [5.41, 5.74) is 1.43. The van der Waals surface area contributed by atoms with Gasteiger partial charge in [0.2, 0.25) is 0 Å². The molecule has 3 rings (SSSR count). The topological polar surface area (TPSA) is 15.3 Å². The van der Waals surface area contributed by atoms with Gasteiger partial charge in [-0.2, -0.15) is 0 Å². The molecular formula is C18H28N2. The number of benzene rings is 1. The van der Waals surface area contributed by atoms with Crippen LogP contribution in [-0.2, 0) is 0 Å². The Balaban J connectivity index is 1.75. The second kappa shape index (κ2) is 5.87. The molecule has 0 radical (unpaired) electrons. The van der Waals surface area contributed by atoms with E-state index in [1.165, 1.54) is 18.4 Å². The second-order valence-corrected chi connectivity index (χ2v) is 6.96. The lowest BCUT2D eigenvalue weighted by Crippen LogP contribution is -2.58. The summed E-state index contributed by atoms with van der Waals surface area (Å²) in [5, 5.41) is 3.77. The number of hydrogen-bond donors (Lipinski definition) is 1. The molecular weight excluding hydrogens is 244 g/mol. The van der Waals surface area contributed by atoms with Gasteiger partial charge < -0.3 is 5.32 Å². The fraction of sp³-hybridized carbons (Fsp3) is 0.667. The fourth-order valence-electron chi connectivity index (χ4n) is 3.64. The average Bonchev–Trinajstić information content (AvgIpc) is 3.31. The highest BCUT2D eigenvalue weighted by Crippen LogP contribution is 2.38. The lowest BCUT2D eigenvalue weighted by molar-refractivity contribution is 0.0532. The zero-order chi connectivity index (χ0) is 14.1. The first-order chi connectivity index (χ1) is 9.66. The molecule has 2 nitrogen and oxygen atoms in total. The first-order valence-corrected chi connectivity index (χ1v) is 8.21. The van der Waals surface area contributed by atoms with Gasteiger partial charge in [-0.15, -0.1) is 0 Å². The van der Waals surface area contributed by atoms with E-state index in [4.69, 9.17) is 0 Å². The maximum absolute atomic E-state index is 3.77. The monoisotopic (exact) mass is 272 g/mol. The van der Waals surface area contributed by atoms with Gasteiger partial charge in [-0.3, -0.25) is 4.90 Å². The highest BCUT2D eigenvalue weighted by Gasteiger charge is 2.39. The molecule has 0 spiro atoms. The molecule has 110 valence electrons. The third-order valence-corrected chi connectivity index (χ3v) is 5.19. The Labute approximate surface area is 123 Å². The number of nitrogens with one attached hydrogen (secondary N) is 1. The predicted octanol–water partition coefficient (Wildman–Crippen LogP) is 3.46. The van der Waals surface area contributed by atoms with Crippen molar-refractivity contribution in [3.8, 4) is 0 Å². The van der Waals surface area contributed by atoms with Gasteiger partial charge in [-0.25, -0.2) is 0 Å². The smallest absolute Gasteiger partial charge is 0.0450 e. The summed E-state index contributed by atoms with van der Waals surface area (Å²) >= 11 is 0. The second-order valence-electron chi connectivity index (χ2n) is 6.96. The zero-order valence-electron chi connectivity index (χ0n) is 13.0. The Kier molecular flexibility index (Phi) is 4.13. The maximum atomic E-state index is 3.77. The third-order valence-electron chi connectivity index (χ3n) is 5.19. The Hall–Kier alpha value is -0.860. The highest BCUT2D eigenvalue weighted by atomic mass is 15.3. The molecule has 3 unspecified atom stereocenters. The summed E-state index contributed by atoms with van der Waals surface area (Å²) in [6, 6.07) is 12.9. The first-order valence-electron chi connectivity index (χ1n) is 8.21. The van der Waals surface area contributed by atoms with Crippen molar-refractivity contribution in [2.24, 2.45) is 11.8 Å². The lowest BCUT2D eigenvalue weighted by Gasteiger charge is -2.46. The molecule has 1 aliphatic heterocycles. The van der Waals surface area contributed by atoms with Crippen LogP contribution in [0.2, 0.25) is 0 Å². The molecule has 1 heterocycles. The van der Waals surface area contributed by atoms with E-state index < -0.39 is 0 Å².